The summed E-state index contributed by atoms with van der Waals surface area (Å²) in [6.45, 7) is 2.64. The molecule has 0 amide bonds. The third kappa shape index (κ3) is 3.94. The van der Waals surface area contributed by atoms with Crippen molar-refractivity contribution >= 4 is 22.5 Å². The van der Waals surface area contributed by atoms with Crippen LogP contribution in [-0.2, 0) is 11.2 Å². The minimum Gasteiger partial charge on any atom is -0.384 e. The predicted molar refractivity (Wildman–Crippen MR) is 91.2 cm³/mol. The van der Waals surface area contributed by atoms with Gasteiger partial charge in [-0.1, -0.05) is 0 Å². The number of methoxy groups -OCH3 is 1. The normalized spacial score (nSPS) is 18.2. The van der Waals surface area contributed by atoms with Crippen LogP contribution in [0.25, 0.3) is 0 Å². The molecule has 1 saturated heterocycles. The van der Waals surface area contributed by atoms with Crippen molar-refractivity contribution in [2.45, 2.75) is 25.3 Å². The molecule has 1 atom stereocenters. The largest absolute Gasteiger partial charge is 0.384 e. The second-order valence-corrected chi connectivity index (χ2v) is 6.39. The van der Waals surface area contributed by atoms with Crippen molar-refractivity contribution in [3.05, 3.63) is 24.4 Å². The first-order valence-corrected chi connectivity index (χ1v) is 8.60. The van der Waals surface area contributed by atoms with Gasteiger partial charge >= 0.3 is 0 Å². The van der Waals surface area contributed by atoms with Gasteiger partial charge in [-0.3, -0.25) is 0 Å². The van der Waals surface area contributed by atoms with Crippen LogP contribution in [0.5, 0.6) is 0 Å². The Labute approximate surface area is 140 Å². The lowest BCUT2D eigenvalue weighted by molar-refractivity contribution is 0.201. The van der Waals surface area contributed by atoms with Crippen molar-refractivity contribution in [3.8, 4) is 0 Å². The van der Waals surface area contributed by atoms with Crippen LogP contribution < -0.4 is 9.80 Å². The molecule has 1 aliphatic heterocycles. The third-order valence-corrected chi connectivity index (χ3v) is 4.94. The highest BCUT2D eigenvalue weighted by Gasteiger charge is 2.26. The van der Waals surface area contributed by atoms with E-state index in [1.807, 2.05) is 6.07 Å². The molecule has 0 N–H and O–H groups in total. The van der Waals surface area contributed by atoms with Crippen LogP contribution in [0, 0.1) is 0 Å². The maximum atomic E-state index is 5.09. The number of hydrogen-bond acceptors (Lipinski definition) is 8. The van der Waals surface area contributed by atoms with E-state index in [-0.39, 0.29) is 0 Å². The number of likely N-dealkylation sites (N-methyl/N-ethyl adjacent to an activating group) is 1. The maximum Gasteiger partial charge on any atom is 0.205 e. The summed E-state index contributed by atoms with van der Waals surface area (Å²) in [6, 6.07) is 2.37. The van der Waals surface area contributed by atoms with Gasteiger partial charge in [0.15, 0.2) is 0 Å². The number of ether oxygens (including phenoxy) is 1. The van der Waals surface area contributed by atoms with Gasteiger partial charge in [0.1, 0.15) is 18.0 Å². The van der Waals surface area contributed by atoms with Crippen LogP contribution in [0.2, 0.25) is 0 Å². The monoisotopic (exact) mass is 334 g/mol. The van der Waals surface area contributed by atoms with E-state index < -0.39 is 0 Å². The van der Waals surface area contributed by atoms with Crippen molar-refractivity contribution in [1.29, 1.82) is 0 Å². The van der Waals surface area contributed by atoms with Crippen molar-refractivity contribution in [2.75, 3.05) is 43.7 Å². The minimum atomic E-state index is 0.421. The maximum absolute atomic E-state index is 5.09. The molecule has 2 aromatic rings. The Balaban J connectivity index is 1.65. The Bertz CT molecular complexity index is 607. The van der Waals surface area contributed by atoms with Crippen LogP contribution in [0.4, 0.5) is 10.9 Å². The standard InChI is InChI=1S/C15H22N6OS/c1-20(14-5-7-16-11-17-14)12-4-3-8-21(10-12)15-18-13(19-23-15)6-9-22-2/h5,7,11-12H,3-4,6,8-10H2,1-2H3. The summed E-state index contributed by atoms with van der Waals surface area (Å²) in [4.78, 5) is 17.6. The summed E-state index contributed by atoms with van der Waals surface area (Å²) in [5.74, 6) is 1.84. The van der Waals surface area contributed by atoms with Crippen LogP contribution in [-0.4, -0.2) is 59.2 Å². The SMILES string of the molecule is COCCc1nsc(N2CCCC(N(C)c3ccncn3)C2)n1. The number of hydrogen-bond donors (Lipinski definition) is 0. The Morgan fingerprint density at radius 3 is 3.17 bits per heavy atom. The van der Waals surface area contributed by atoms with Gasteiger partial charge in [-0.15, -0.1) is 0 Å². The number of anilines is 2. The molecule has 1 aliphatic rings. The molecular weight excluding hydrogens is 312 g/mol. The molecule has 0 bridgehead atoms. The smallest absolute Gasteiger partial charge is 0.205 e. The highest BCUT2D eigenvalue weighted by Crippen LogP contribution is 2.25. The van der Waals surface area contributed by atoms with E-state index in [2.05, 4.69) is 36.2 Å². The lowest BCUT2D eigenvalue weighted by atomic mass is 10.1. The molecular formula is C15H22N6OS. The minimum absolute atomic E-state index is 0.421. The van der Waals surface area contributed by atoms with Gasteiger partial charge in [0.2, 0.25) is 5.13 Å². The summed E-state index contributed by atoms with van der Waals surface area (Å²) in [5, 5.41) is 1.01. The zero-order chi connectivity index (χ0) is 16.1. The Morgan fingerprint density at radius 1 is 1.48 bits per heavy atom. The first-order chi connectivity index (χ1) is 11.3. The van der Waals surface area contributed by atoms with Gasteiger partial charge < -0.3 is 14.5 Å². The Hall–Kier alpha value is -1.80. The Kier molecular flexibility index (Phi) is 5.35. The molecule has 1 fully saturated rings. The molecule has 124 valence electrons. The zero-order valence-corrected chi connectivity index (χ0v) is 14.4. The number of rotatable bonds is 6. The fraction of sp³-hybridized carbons (Fsp3) is 0.600. The third-order valence-electron chi connectivity index (χ3n) is 4.13. The lowest BCUT2D eigenvalue weighted by Crippen LogP contribution is -2.47. The fourth-order valence-electron chi connectivity index (χ4n) is 2.79. The molecule has 2 aromatic heterocycles. The van der Waals surface area contributed by atoms with Crippen LogP contribution in [0.1, 0.15) is 18.7 Å². The van der Waals surface area contributed by atoms with Gasteiger partial charge in [-0.25, -0.2) is 15.0 Å². The highest BCUT2D eigenvalue weighted by atomic mass is 32.1. The molecule has 3 heterocycles. The van der Waals surface area contributed by atoms with E-state index in [9.17, 15) is 0 Å². The van der Waals surface area contributed by atoms with E-state index in [4.69, 9.17) is 4.74 Å². The Morgan fingerprint density at radius 2 is 2.39 bits per heavy atom. The van der Waals surface area contributed by atoms with Gasteiger partial charge in [-0.05, 0) is 18.9 Å². The van der Waals surface area contributed by atoms with E-state index in [0.29, 0.717) is 12.6 Å². The summed E-state index contributed by atoms with van der Waals surface area (Å²) in [7, 11) is 3.80. The molecule has 0 radical (unpaired) electrons. The molecule has 7 nitrogen and oxygen atoms in total. The second-order valence-electron chi connectivity index (χ2n) is 5.66. The molecule has 23 heavy (non-hydrogen) atoms. The number of nitrogens with zero attached hydrogens (tertiary/aromatic N) is 6. The van der Waals surface area contributed by atoms with E-state index >= 15 is 0 Å². The van der Waals surface area contributed by atoms with E-state index in [1.54, 1.807) is 19.6 Å². The molecule has 0 spiro atoms. The van der Waals surface area contributed by atoms with Gasteiger partial charge in [0.25, 0.3) is 0 Å². The first-order valence-electron chi connectivity index (χ1n) is 7.83. The molecule has 1 unspecified atom stereocenters. The topological polar surface area (TPSA) is 67.3 Å². The van der Waals surface area contributed by atoms with Gasteiger partial charge in [0, 0.05) is 57.4 Å². The molecule has 8 heteroatoms. The second kappa shape index (κ2) is 7.65. The van der Waals surface area contributed by atoms with Crippen molar-refractivity contribution < 1.29 is 4.74 Å². The average molecular weight is 334 g/mol. The zero-order valence-electron chi connectivity index (χ0n) is 13.6. The fourth-order valence-corrected chi connectivity index (χ4v) is 3.54. The molecule has 0 saturated carbocycles. The van der Waals surface area contributed by atoms with Crippen molar-refractivity contribution in [1.82, 2.24) is 19.3 Å². The van der Waals surface area contributed by atoms with E-state index in [1.165, 1.54) is 11.5 Å². The van der Waals surface area contributed by atoms with Crippen molar-refractivity contribution in [3.63, 3.8) is 0 Å². The highest BCUT2D eigenvalue weighted by molar-refractivity contribution is 7.09. The molecule has 0 aromatic carbocycles. The van der Waals surface area contributed by atoms with Crippen LogP contribution in [0.3, 0.4) is 0 Å². The number of piperidine rings is 1. The lowest BCUT2D eigenvalue weighted by Gasteiger charge is -2.37. The number of aromatic nitrogens is 4. The van der Waals surface area contributed by atoms with E-state index in [0.717, 1.165) is 49.1 Å². The predicted octanol–water partition coefficient (Wildman–Crippen LogP) is 1.62. The van der Waals surface area contributed by atoms with Gasteiger partial charge in [0.05, 0.1) is 6.61 Å². The molecule has 0 aliphatic carbocycles. The summed E-state index contributed by atoms with van der Waals surface area (Å²) in [6.07, 6.45) is 6.45. The van der Waals surface area contributed by atoms with Gasteiger partial charge in [-0.2, -0.15) is 4.37 Å². The first kappa shape index (κ1) is 16.1. The van der Waals surface area contributed by atoms with Crippen molar-refractivity contribution in [2.24, 2.45) is 0 Å². The van der Waals surface area contributed by atoms with Crippen LogP contribution in [0.15, 0.2) is 18.6 Å². The van der Waals surface area contributed by atoms with Crippen LogP contribution >= 0.6 is 11.5 Å². The quantitative estimate of drug-likeness (QED) is 0.795. The summed E-state index contributed by atoms with van der Waals surface area (Å²) >= 11 is 1.48. The average Bonchev–Trinajstić information content (AvgIpc) is 3.09. The summed E-state index contributed by atoms with van der Waals surface area (Å²) < 4.78 is 9.52. The summed E-state index contributed by atoms with van der Waals surface area (Å²) in [5.41, 5.74) is 0. The molecule has 3 rings (SSSR count).